The van der Waals surface area contributed by atoms with Crippen molar-refractivity contribution in [2.45, 2.75) is 40.0 Å². The summed E-state index contributed by atoms with van der Waals surface area (Å²) < 4.78 is 0. The number of unbranched alkanes of at least 4 members (excludes halogenated alkanes) is 1. The molecule has 0 aliphatic carbocycles. The van der Waals surface area contributed by atoms with Crippen molar-refractivity contribution in [1.29, 1.82) is 0 Å². The predicted molar refractivity (Wildman–Crippen MR) is 66.4 cm³/mol. The molecule has 0 bridgehead atoms. The van der Waals surface area contributed by atoms with Crippen LogP contribution in [0, 0.1) is 0 Å². The van der Waals surface area contributed by atoms with Gasteiger partial charge in [-0.25, -0.2) is 0 Å². The first kappa shape index (κ1) is 13.0. The molecule has 14 heavy (non-hydrogen) atoms. The molecule has 0 rings (SSSR count). The van der Waals surface area contributed by atoms with Crippen molar-refractivity contribution in [2.24, 2.45) is 0 Å². The van der Waals surface area contributed by atoms with Gasteiger partial charge in [-0.05, 0) is 32.3 Å². The van der Waals surface area contributed by atoms with E-state index in [1.807, 2.05) is 13.0 Å². The topological polar surface area (TPSA) is 0 Å². The molecule has 0 aromatic rings. The molecular weight excluding hydrogens is 168 g/mol. The maximum Gasteiger partial charge on any atom is -0.00757 e. The number of hydrogen-bond donors (Lipinski definition) is 0. The van der Waals surface area contributed by atoms with Gasteiger partial charge in [0.15, 0.2) is 0 Å². The van der Waals surface area contributed by atoms with Gasteiger partial charge in [0.05, 0.1) is 0 Å². The molecule has 0 atom stereocenters. The van der Waals surface area contributed by atoms with Crippen LogP contribution in [0.15, 0.2) is 48.1 Å². The Kier molecular flexibility index (Phi) is 7.92. The molecule has 0 aromatic heterocycles. The minimum absolute atomic E-state index is 0.994. The van der Waals surface area contributed by atoms with Crippen LogP contribution in [0.4, 0.5) is 0 Å². The average molecular weight is 190 g/mol. The Morgan fingerprint density at radius 3 is 2.50 bits per heavy atom. The Labute approximate surface area is 88.7 Å². The summed E-state index contributed by atoms with van der Waals surface area (Å²) in [6.07, 6.45) is 14.0. The van der Waals surface area contributed by atoms with Crippen LogP contribution in [0.25, 0.3) is 0 Å². The molecule has 0 N–H and O–H groups in total. The van der Waals surface area contributed by atoms with E-state index in [0.717, 1.165) is 12.8 Å². The third kappa shape index (κ3) is 7.60. The zero-order valence-electron chi connectivity index (χ0n) is 9.72. The highest BCUT2D eigenvalue weighted by Crippen LogP contribution is 2.11. The SMILES string of the molecule is C=C(C)CC(C=CC=CC)=CCCC. The predicted octanol–water partition coefficient (Wildman–Crippen LogP) is 4.81. The van der Waals surface area contributed by atoms with E-state index in [1.54, 1.807) is 0 Å². The molecule has 0 aliphatic heterocycles. The molecule has 0 heterocycles. The van der Waals surface area contributed by atoms with E-state index in [4.69, 9.17) is 0 Å². The third-order valence-electron chi connectivity index (χ3n) is 1.81. The lowest BCUT2D eigenvalue weighted by atomic mass is 10.1. The lowest BCUT2D eigenvalue weighted by Crippen LogP contribution is -1.80. The Bertz CT molecular complexity index is 239. The smallest absolute Gasteiger partial charge is 0.00757 e. The number of rotatable bonds is 6. The zero-order chi connectivity index (χ0) is 10.8. The van der Waals surface area contributed by atoms with Crippen LogP contribution < -0.4 is 0 Å². The number of allylic oxidation sites excluding steroid dienone is 7. The van der Waals surface area contributed by atoms with E-state index in [9.17, 15) is 0 Å². The van der Waals surface area contributed by atoms with E-state index in [2.05, 4.69) is 44.7 Å². The fourth-order valence-corrected chi connectivity index (χ4v) is 1.17. The summed E-state index contributed by atoms with van der Waals surface area (Å²) in [7, 11) is 0. The molecule has 0 saturated heterocycles. The van der Waals surface area contributed by atoms with Gasteiger partial charge in [-0.3, -0.25) is 0 Å². The fourth-order valence-electron chi connectivity index (χ4n) is 1.17. The largest absolute Gasteiger partial charge is 0.0998 e. The van der Waals surface area contributed by atoms with E-state index < -0.39 is 0 Å². The van der Waals surface area contributed by atoms with Crippen molar-refractivity contribution in [3.8, 4) is 0 Å². The van der Waals surface area contributed by atoms with Crippen LogP contribution in [-0.4, -0.2) is 0 Å². The van der Waals surface area contributed by atoms with Gasteiger partial charge >= 0.3 is 0 Å². The minimum Gasteiger partial charge on any atom is -0.0998 e. The van der Waals surface area contributed by atoms with Crippen LogP contribution >= 0.6 is 0 Å². The van der Waals surface area contributed by atoms with Crippen molar-refractivity contribution in [3.05, 3.63) is 48.1 Å². The van der Waals surface area contributed by atoms with Gasteiger partial charge in [0.2, 0.25) is 0 Å². The summed E-state index contributed by atoms with van der Waals surface area (Å²) >= 11 is 0. The standard InChI is InChI=1S/C14H22/c1-5-7-9-11-14(10-8-6-2)12-13(3)4/h5,7,9-11H,3,6,8,12H2,1-2,4H3. The second-order valence-corrected chi connectivity index (χ2v) is 3.59. The summed E-state index contributed by atoms with van der Waals surface area (Å²) in [6.45, 7) is 10.2. The Morgan fingerprint density at radius 2 is 2.00 bits per heavy atom. The molecule has 0 amide bonds. The molecule has 0 heteroatoms. The Hall–Kier alpha value is -1.04. The molecule has 78 valence electrons. The first-order valence-electron chi connectivity index (χ1n) is 5.33. The first-order chi connectivity index (χ1) is 6.70. The average Bonchev–Trinajstić information content (AvgIpc) is 2.13. The summed E-state index contributed by atoms with van der Waals surface area (Å²) in [6, 6.07) is 0. The minimum atomic E-state index is 0.994. The molecule has 0 saturated carbocycles. The van der Waals surface area contributed by atoms with Gasteiger partial charge in [0.25, 0.3) is 0 Å². The molecule has 0 unspecified atom stereocenters. The maximum atomic E-state index is 3.94. The third-order valence-corrected chi connectivity index (χ3v) is 1.81. The fraction of sp³-hybridized carbons (Fsp3) is 0.429. The Morgan fingerprint density at radius 1 is 1.29 bits per heavy atom. The van der Waals surface area contributed by atoms with E-state index in [-0.39, 0.29) is 0 Å². The molecular formula is C14H22. The molecule has 0 nitrogen and oxygen atoms in total. The van der Waals surface area contributed by atoms with Crippen LogP contribution in [0.1, 0.15) is 40.0 Å². The van der Waals surface area contributed by atoms with Crippen LogP contribution in [0.2, 0.25) is 0 Å². The van der Waals surface area contributed by atoms with Crippen molar-refractivity contribution in [3.63, 3.8) is 0 Å². The van der Waals surface area contributed by atoms with E-state index >= 15 is 0 Å². The quantitative estimate of drug-likeness (QED) is 0.416. The molecule has 0 aliphatic rings. The lowest BCUT2D eigenvalue weighted by Gasteiger charge is -2.00. The molecule has 0 fully saturated rings. The highest BCUT2D eigenvalue weighted by molar-refractivity contribution is 5.26. The summed E-state index contributed by atoms with van der Waals surface area (Å²) in [5, 5.41) is 0. The van der Waals surface area contributed by atoms with Gasteiger partial charge < -0.3 is 0 Å². The molecule has 0 spiro atoms. The van der Waals surface area contributed by atoms with Gasteiger partial charge in [0.1, 0.15) is 0 Å². The normalized spacial score (nSPS) is 12.9. The van der Waals surface area contributed by atoms with Crippen molar-refractivity contribution in [1.82, 2.24) is 0 Å². The summed E-state index contributed by atoms with van der Waals surface area (Å²) in [5.41, 5.74) is 2.59. The summed E-state index contributed by atoms with van der Waals surface area (Å²) in [4.78, 5) is 0. The summed E-state index contributed by atoms with van der Waals surface area (Å²) in [5.74, 6) is 0. The monoisotopic (exact) mass is 190 g/mol. The maximum absolute atomic E-state index is 3.94. The molecule has 0 radical (unpaired) electrons. The van der Waals surface area contributed by atoms with Crippen LogP contribution in [0.3, 0.4) is 0 Å². The van der Waals surface area contributed by atoms with E-state index in [0.29, 0.717) is 0 Å². The first-order valence-corrected chi connectivity index (χ1v) is 5.33. The Balaban J connectivity index is 4.31. The molecule has 0 aromatic carbocycles. The van der Waals surface area contributed by atoms with Crippen LogP contribution in [0.5, 0.6) is 0 Å². The highest BCUT2D eigenvalue weighted by Gasteiger charge is 1.91. The highest BCUT2D eigenvalue weighted by atomic mass is 14.0. The second-order valence-electron chi connectivity index (χ2n) is 3.59. The van der Waals surface area contributed by atoms with Crippen molar-refractivity contribution < 1.29 is 0 Å². The van der Waals surface area contributed by atoms with Gasteiger partial charge in [-0.1, -0.05) is 55.9 Å². The van der Waals surface area contributed by atoms with Gasteiger partial charge in [0, 0.05) is 0 Å². The second kappa shape index (κ2) is 8.55. The van der Waals surface area contributed by atoms with E-state index in [1.165, 1.54) is 17.6 Å². The van der Waals surface area contributed by atoms with Crippen molar-refractivity contribution in [2.75, 3.05) is 0 Å². The number of hydrogen-bond acceptors (Lipinski definition) is 0. The van der Waals surface area contributed by atoms with Gasteiger partial charge in [-0.2, -0.15) is 0 Å². The lowest BCUT2D eigenvalue weighted by molar-refractivity contribution is 0.944. The van der Waals surface area contributed by atoms with Crippen molar-refractivity contribution >= 4 is 0 Å². The van der Waals surface area contributed by atoms with Crippen LogP contribution in [-0.2, 0) is 0 Å². The van der Waals surface area contributed by atoms with Gasteiger partial charge in [-0.15, -0.1) is 0 Å². The zero-order valence-corrected chi connectivity index (χ0v) is 9.72.